The Kier molecular flexibility index (Phi) is 7.58. The lowest BCUT2D eigenvalue weighted by molar-refractivity contribution is 0.124. The standard InChI is InChI=1S/C22H34N2/c1-5-8-13-22(7-3)24-16-14-23(15-17-24)19(4)18-21-12-10-9-11-20(21)6-2/h5,7-9,11,13,19H,1,6,10,12,14-18H2,2-4H3/b13-8-,22-7+. The molecule has 2 aliphatic rings. The minimum atomic E-state index is 0.646. The highest BCUT2D eigenvalue weighted by Crippen LogP contribution is 2.27. The highest BCUT2D eigenvalue weighted by Gasteiger charge is 2.22. The molecular weight excluding hydrogens is 292 g/mol. The van der Waals surface area contributed by atoms with E-state index in [0.717, 1.165) is 26.2 Å². The van der Waals surface area contributed by atoms with Crippen LogP contribution in [0.2, 0.25) is 0 Å². The van der Waals surface area contributed by atoms with Crippen molar-refractivity contribution in [3.8, 4) is 0 Å². The molecule has 0 radical (unpaired) electrons. The van der Waals surface area contributed by atoms with Crippen LogP contribution in [0.5, 0.6) is 0 Å². The molecule has 2 nitrogen and oxygen atoms in total. The van der Waals surface area contributed by atoms with Crippen molar-refractivity contribution in [2.45, 2.75) is 52.5 Å². The molecule has 0 bridgehead atoms. The number of hydrogen-bond acceptors (Lipinski definition) is 2. The number of hydrogen-bond donors (Lipinski definition) is 0. The Hall–Kier alpha value is -1.54. The molecule has 0 N–H and O–H groups in total. The van der Waals surface area contributed by atoms with Crippen LogP contribution in [0.3, 0.4) is 0 Å². The summed E-state index contributed by atoms with van der Waals surface area (Å²) in [7, 11) is 0. The maximum atomic E-state index is 3.77. The van der Waals surface area contributed by atoms with Gasteiger partial charge >= 0.3 is 0 Å². The highest BCUT2D eigenvalue weighted by molar-refractivity contribution is 5.29. The number of rotatable bonds is 7. The topological polar surface area (TPSA) is 6.48 Å². The summed E-state index contributed by atoms with van der Waals surface area (Å²) in [5.41, 5.74) is 4.59. The number of nitrogens with zero attached hydrogens (tertiary/aromatic N) is 2. The minimum absolute atomic E-state index is 0.646. The van der Waals surface area contributed by atoms with Crippen LogP contribution in [0.25, 0.3) is 0 Å². The average molecular weight is 327 g/mol. The van der Waals surface area contributed by atoms with Crippen molar-refractivity contribution in [3.63, 3.8) is 0 Å². The van der Waals surface area contributed by atoms with Gasteiger partial charge in [-0.1, -0.05) is 49.5 Å². The van der Waals surface area contributed by atoms with Crippen LogP contribution in [0.1, 0.15) is 46.5 Å². The molecule has 1 fully saturated rings. The summed E-state index contributed by atoms with van der Waals surface area (Å²) in [6, 6.07) is 0.646. The zero-order valence-electron chi connectivity index (χ0n) is 15.8. The van der Waals surface area contributed by atoms with E-state index in [4.69, 9.17) is 0 Å². The van der Waals surface area contributed by atoms with Gasteiger partial charge in [0.25, 0.3) is 0 Å². The first-order valence-corrected chi connectivity index (χ1v) is 9.51. The van der Waals surface area contributed by atoms with Crippen molar-refractivity contribution in [1.29, 1.82) is 0 Å². The Balaban J connectivity index is 1.89. The van der Waals surface area contributed by atoms with Gasteiger partial charge in [-0.2, -0.15) is 0 Å². The molecule has 0 amide bonds. The Bertz CT molecular complexity index is 528. The van der Waals surface area contributed by atoms with Gasteiger partial charge in [0.1, 0.15) is 0 Å². The van der Waals surface area contributed by atoms with Crippen molar-refractivity contribution in [3.05, 3.63) is 59.9 Å². The predicted molar refractivity (Wildman–Crippen MR) is 106 cm³/mol. The third kappa shape index (κ3) is 4.98. The fraction of sp³-hybridized carbons (Fsp3) is 0.545. The van der Waals surface area contributed by atoms with Crippen LogP contribution in [0.4, 0.5) is 0 Å². The Morgan fingerprint density at radius 3 is 2.67 bits per heavy atom. The quantitative estimate of drug-likeness (QED) is 0.602. The monoisotopic (exact) mass is 326 g/mol. The molecule has 2 heteroatoms. The van der Waals surface area contributed by atoms with Crippen LogP contribution < -0.4 is 0 Å². The second kappa shape index (κ2) is 9.68. The van der Waals surface area contributed by atoms with Crippen molar-refractivity contribution < 1.29 is 0 Å². The van der Waals surface area contributed by atoms with Gasteiger partial charge in [-0.3, -0.25) is 4.90 Å². The van der Waals surface area contributed by atoms with Crippen LogP contribution in [0.15, 0.2) is 59.9 Å². The van der Waals surface area contributed by atoms with E-state index in [1.54, 1.807) is 11.1 Å². The maximum absolute atomic E-state index is 3.77. The summed E-state index contributed by atoms with van der Waals surface area (Å²) < 4.78 is 0. The number of piperazine rings is 1. The molecule has 0 aromatic rings. The van der Waals surface area contributed by atoms with E-state index in [1.807, 2.05) is 12.2 Å². The lowest BCUT2D eigenvalue weighted by atomic mass is 9.91. The minimum Gasteiger partial charge on any atom is -0.369 e. The molecule has 1 saturated heterocycles. The van der Waals surface area contributed by atoms with Gasteiger partial charge in [-0.05, 0) is 51.2 Å². The first-order valence-electron chi connectivity index (χ1n) is 9.51. The van der Waals surface area contributed by atoms with Gasteiger partial charge in [0.15, 0.2) is 0 Å². The third-order valence-electron chi connectivity index (χ3n) is 5.31. The summed E-state index contributed by atoms with van der Waals surface area (Å²) in [4.78, 5) is 5.16. The lowest BCUT2D eigenvalue weighted by Gasteiger charge is -2.40. The van der Waals surface area contributed by atoms with E-state index < -0.39 is 0 Å². The molecule has 0 aromatic carbocycles. The molecule has 24 heavy (non-hydrogen) atoms. The molecule has 1 atom stereocenters. The summed E-state index contributed by atoms with van der Waals surface area (Å²) in [6.45, 7) is 15.1. The maximum Gasteiger partial charge on any atom is 0.0323 e. The van der Waals surface area contributed by atoms with Gasteiger partial charge in [-0.25, -0.2) is 0 Å². The molecule has 0 aromatic heterocycles. The molecule has 1 unspecified atom stereocenters. The second-order valence-corrected chi connectivity index (χ2v) is 6.81. The van der Waals surface area contributed by atoms with Gasteiger partial charge in [0.05, 0.1) is 0 Å². The summed E-state index contributed by atoms with van der Waals surface area (Å²) >= 11 is 0. The molecule has 1 aliphatic carbocycles. The van der Waals surface area contributed by atoms with Crippen molar-refractivity contribution in [2.75, 3.05) is 26.2 Å². The molecule has 0 saturated carbocycles. The van der Waals surface area contributed by atoms with Crippen LogP contribution in [-0.4, -0.2) is 42.0 Å². The van der Waals surface area contributed by atoms with Gasteiger partial charge in [0.2, 0.25) is 0 Å². The molecule has 132 valence electrons. The van der Waals surface area contributed by atoms with E-state index in [9.17, 15) is 0 Å². The van der Waals surface area contributed by atoms with E-state index >= 15 is 0 Å². The third-order valence-corrected chi connectivity index (χ3v) is 5.31. The van der Waals surface area contributed by atoms with Crippen molar-refractivity contribution in [2.24, 2.45) is 0 Å². The largest absolute Gasteiger partial charge is 0.369 e. The fourth-order valence-electron chi connectivity index (χ4n) is 3.82. The predicted octanol–water partition coefficient (Wildman–Crippen LogP) is 5.09. The van der Waals surface area contributed by atoms with Gasteiger partial charge < -0.3 is 4.90 Å². The van der Waals surface area contributed by atoms with Gasteiger partial charge in [0, 0.05) is 37.9 Å². The summed E-state index contributed by atoms with van der Waals surface area (Å²) in [6.07, 6.45) is 17.8. The van der Waals surface area contributed by atoms with E-state index in [2.05, 4.69) is 61.5 Å². The lowest BCUT2D eigenvalue weighted by Crippen LogP contribution is -2.49. The molecular formula is C22H34N2. The zero-order chi connectivity index (χ0) is 17.4. The second-order valence-electron chi connectivity index (χ2n) is 6.81. The SMILES string of the molecule is C=C/C=C\C(=C/C)N1CCN(C(C)CC2=C(CC)C=CCC2)CC1. The van der Waals surface area contributed by atoms with Crippen LogP contribution >= 0.6 is 0 Å². The zero-order valence-corrected chi connectivity index (χ0v) is 15.8. The van der Waals surface area contributed by atoms with E-state index in [-0.39, 0.29) is 0 Å². The molecule has 2 rings (SSSR count). The summed E-state index contributed by atoms with van der Waals surface area (Å²) in [5, 5.41) is 0. The van der Waals surface area contributed by atoms with E-state index in [1.165, 1.54) is 31.4 Å². The van der Waals surface area contributed by atoms with Crippen molar-refractivity contribution in [1.82, 2.24) is 9.80 Å². The van der Waals surface area contributed by atoms with Crippen LogP contribution in [-0.2, 0) is 0 Å². The summed E-state index contributed by atoms with van der Waals surface area (Å²) in [5.74, 6) is 0. The highest BCUT2D eigenvalue weighted by atomic mass is 15.3. The Morgan fingerprint density at radius 2 is 2.04 bits per heavy atom. The van der Waals surface area contributed by atoms with Crippen LogP contribution in [0, 0.1) is 0 Å². The first-order chi connectivity index (χ1) is 11.7. The fourth-order valence-corrected chi connectivity index (χ4v) is 3.82. The smallest absolute Gasteiger partial charge is 0.0323 e. The normalized spacial score (nSPS) is 21.6. The number of allylic oxidation sites excluding steroid dienone is 7. The molecule has 1 aliphatic heterocycles. The van der Waals surface area contributed by atoms with Crippen molar-refractivity contribution >= 4 is 0 Å². The molecule has 1 heterocycles. The Labute approximate surface area is 148 Å². The van der Waals surface area contributed by atoms with E-state index in [0.29, 0.717) is 6.04 Å². The molecule has 0 spiro atoms. The average Bonchev–Trinajstić information content (AvgIpc) is 2.63. The Morgan fingerprint density at radius 1 is 1.29 bits per heavy atom. The van der Waals surface area contributed by atoms with Gasteiger partial charge in [-0.15, -0.1) is 0 Å². The first kappa shape index (κ1) is 18.8.